The normalized spacial score (nSPS) is 16.0. The van der Waals surface area contributed by atoms with E-state index >= 15 is 0 Å². The summed E-state index contributed by atoms with van der Waals surface area (Å²) in [4.78, 5) is 11.2. The Balaban J connectivity index is 4.29. The fourth-order valence-electron chi connectivity index (χ4n) is 1.07. The van der Waals surface area contributed by atoms with Gasteiger partial charge in [-0.2, -0.15) is 13.2 Å². The predicted molar refractivity (Wildman–Crippen MR) is 50.7 cm³/mol. The van der Waals surface area contributed by atoms with Crippen molar-refractivity contribution in [2.45, 2.75) is 32.2 Å². The SMILES string of the molecule is COC(=O)C(NCC(O)C(F)(F)F)C(C)C. The van der Waals surface area contributed by atoms with Crippen molar-refractivity contribution in [2.24, 2.45) is 5.92 Å². The summed E-state index contributed by atoms with van der Waals surface area (Å²) < 4.78 is 40.4. The van der Waals surface area contributed by atoms with Gasteiger partial charge in [0.25, 0.3) is 0 Å². The molecular formula is C9H16F3NO3. The Morgan fingerprint density at radius 3 is 2.25 bits per heavy atom. The van der Waals surface area contributed by atoms with E-state index in [0.717, 1.165) is 7.11 Å². The number of hydrogen-bond donors (Lipinski definition) is 2. The Morgan fingerprint density at radius 2 is 1.94 bits per heavy atom. The second-order valence-corrected chi connectivity index (χ2v) is 3.71. The Morgan fingerprint density at radius 1 is 1.44 bits per heavy atom. The molecule has 2 atom stereocenters. The molecule has 0 spiro atoms. The highest BCUT2D eigenvalue weighted by molar-refractivity contribution is 5.75. The summed E-state index contributed by atoms with van der Waals surface area (Å²) >= 11 is 0. The molecule has 0 heterocycles. The molecule has 0 aliphatic rings. The lowest BCUT2D eigenvalue weighted by molar-refractivity contribution is -0.202. The molecular weight excluding hydrogens is 227 g/mol. The van der Waals surface area contributed by atoms with Gasteiger partial charge in [-0.05, 0) is 5.92 Å². The molecule has 0 bridgehead atoms. The van der Waals surface area contributed by atoms with E-state index < -0.39 is 30.8 Å². The van der Waals surface area contributed by atoms with Crippen molar-refractivity contribution >= 4 is 5.97 Å². The van der Waals surface area contributed by atoms with Gasteiger partial charge in [0, 0.05) is 6.54 Å². The van der Waals surface area contributed by atoms with Gasteiger partial charge in [0.05, 0.1) is 7.11 Å². The van der Waals surface area contributed by atoms with Crippen molar-refractivity contribution in [1.29, 1.82) is 0 Å². The molecule has 7 heteroatoms. The third-order valence-electron chi connectivity index (χ3n) is 2.03. The van der Waals surface area contributed by atoms with Gasteiger partial charge in [0.2, 0.25) is 0 Å². The first-order valence-corrected chi connectivity index (χ1v) is 4.76. The molecule has 0 fully saturated rings. The largest absolute Gasteiger partial charge is 0.468 e. The minimum Gasteiger partial charge on any atom is -0.468 e. The smallest absolute Gasteiger partial charge is 0.415 e. The van der Waals surface area contributed by atoms with E-state index in [2.05, 4.69) is 10.1 Å². The van der Waals surface area contributed by atoms with Crippen LogP contribution in [-0.4, -0.2) is 43.1 Å². The van der Waals surface area contributed by atoms with Gasteiger partial charge in [0.1, 0.15) is 6.04 Å². The van der Waals surface area contributed by atoms with Gasteiger partial charge in [0.15, 0.2) is 6.10 Å². The highest BCUT2D eigenvalue weighted by Gasteiger charge is 2.38. The summed E-state index contributed by atoms with van der Waals surface area (Å²) in [6.07, 6.45) is -7.18. The molecule has 0 aliphatic carbocycles. The Bertz CT molecular complexity index is 231. The average Bonchev–Trinajstić information content (AvgIpc) is 2.15. The molecule has 0 saturated carbocycles. The number of hydrogen-bond acceptors (Lipinski definition) is 4. The average molecular weight is 243 g/mol. The third-order valence-corrected chi connectivity index (χ3v) is 2.03. The van der Waals surface area contributed by atoms with Crippen LogP contribution in [0.15, 0.2) is 0 Å². The maximum Gasteiger partial charge on any atom is 0.415 e. The number of alkyl halides is 3. The highest BCUT2D eigenvalue weighted by atomic mass is 19.4. The minimum atomic E-state index is -4.69. The van der Waals surface area contributed by atoms with Crippen LogP contribution >= 0.6 is 0 Å². The molecule has 0 amide bonds. The number of aliphatic hydroxyl groups is 1. The van der Waals surface area contributed by atoms with Crippen LogP contribution in [0.25, 0.3) is 0 Å². The second kappa shape index (κ2) is 6.05. The van der Waals surface area contributed by atoms with E-state index in [1.54, 1.807) is 13.8 Å². The molecule has 96 valence electrons. The molecule has 4 nitrogen and oxygen atoms in total. The standard InChI is InChI=1S/C9H16F3NO3/c1-5(2)7(8(15)16-3)13-4-6(14)9(10,11)12/h5-7,13-14H,4H2,1-3H3. The van der Waals surface area contributed by atoms with E-state index in [0.29, 0.717) is 0 Å². The van der Waals surface area contributed by atoms with Crippen molar-refractivity contribution in [3.05, 3.63) is 0 Å². The zero-order valence-corrected chi connectivity index (χ0v) is 9.34. The first-order valence-electron chi connectivity index (χ1n) is 4.76. The summed E-state index contributed by atoms with van der Waals surface area (Å²) in [5.41, 5.74) is 0. The van der Waals surface area contributed by atoms with Gasteiger partial charge in [-0.1, -0.05) is 13.8 Å². The number of rotatable bonds is 5. The lowest BCUT2D eigenvalue weighted by Gasteiger charge is -2.22. The van der Waals surface area contributed by atoms with Crippen LogP contribution in [0.4, 0.5) is 13.2 Å². The van der Waals surface area contributed by atoms with Crippen LogP contribution in [0.2, 0.25) is 0 Å². The van der Waals surface area contributed by atoms with Crippen molar-refractivity contribution < 1.29 is 27.8 Å². The molecule has 0 saturated heterocycles. The van der Waals surface area contributed by atoms with Crippen LogP contribution in [0.5, 0.6) is 0 Å². The Hall–Kier alpha value is -0.820. The Kier molecular flexibility index (Phi) is 5.74. The number of methoxy groups -OCH3 is 1. The van der Waals surface area contributed by atoms with Crippen LogP contribution in [0, 0.1) is 5.92 Å². The minimum absolute atomic E-state index is 0.229. The van der Waals surface area contributed by atoms with E-state index in [-0.39, 0.29) is 5.92 Å². The van der Waals surface area contributed by atoms with Crippen LogP contribution in [0.1, 0.15) is 13.8 Å². The first kappa shape index (κ1) is 15.2. The van der Waals surface area contributed by atoms with Gasteiger partial charge in [-0.3, -0.25) is 4.79 Å². The summed E-state index contributed by atoms with van der Waals surface area (Å²) in [5.74, 6) is -0.878. The van der Waals surface area contributed by atoms with E-state index in [4.69, 9.17) is 5.11 Å². The molecule has 0 aliphatic heterocycles. The van der Waals surface area contributed by atoms with Crippen molar-refractivity contribution in [3.8, 4) is 0 Å². The number of carbonyl (C=O) groups is 1. The van der Waals surface area contributed by atoms with Crippen LogP contribution in [-0.2, 0) is 9.53 Å². The van der Waals surface area contributed by atoms with E-state index in [9.17, 15) is 18.0 Å². The summed E-state index contributed by atoms with van der Waals surface area (Å²) in [6.45, 7) is 2.59. The lowest BCUT2D eigenvalue weighted by atomic mass is 10.0. The monoisotopic (exact) mass is 243 g/mol. The number of ether oxygens (including phenoxy) is 1. The zero-order valence-electron chi connectivity index (χ0n) is 9.34. The lowest BCUT2D eigenvalue weighted by Crippen LogP contribution is -2.48. The third kappa shape index (κ3) is 4.80. The molecule has 0 aromatic carbocycles. The number of carbonyl (C=O) groups excluding carboxylic acids is 1. The highest BCUT2D eigenvalue weighted by Crippen LogP contribution is 2.19. The van der Waals surface area contributed by atoms with Gasteiger partial charge in [-0.15, -0.1) is 0 Å². The maximum absolute atomic E-state index is 12.0. The Labute approximate surface area is 91.8 Å². The fraction of sp³-hybridized carbons (Fsp3) is 0.889. The second-order valence-electron chi connectivity index (χ2n) is 3.71. The number of esters is 1. The number of nitrogens with one attached hydrogen (secondary N) is 1. The van der Waals surface area contributed by atoms with E-state index in [1.165, 1.54) is 0 Å². The van der Waals surface area contributed by atoms with E-state index in [1.807, 2.05) is 0 Å². The van der Waals surface area contributed by atoms with Crippen LogP contribution in [0.3, 0.4) is 0 Å². The fourth-order valence-corrected chi connectivity index (χ4v) is 1.07. The number of halogens is 3. The topological polar surface area (TPSA) is 58.6 Å². The maximum atomic E-state index is 12.0. The van der Waals surface area contributed by atoms with Crippen molar-refractivity contribution in [1.82, 2.24) is 5.32 Å². The van der Waals surface area contributed by atoms with Gasteiger partial charge >= 0.3 is 12.1 Å². The molecule has 0 aromatic rings. The van der Waals surface area contributed by atoms with Gasteiger partial charge in [-0.25, -0.2) is 0 Å². The molecule has 0 aromatic heterocycles. The zero-order chi connectivity index (χ0) is 12.9. The molecule has 2 N–H and O–H groups in total. The summed E-state index contributed by atoms with van der Waals surface area (Å²) in [5, 5.41) is 11.1. The van der Waals surface area contributed by atoms with Crippen molar-refractivity contribution in [3.63, 3.8) is 0 Å². The first-order chi connectivity index (χ1) is 7.20. The molecule has 2 unspecified atom stereocenters. The molecule has 16 heavy (non-hydrogen) atoms. The van der Waals surface area contributed by atoms with Crippen molar-refractivity contribution in [2.75, 3.05) is 13.7 Å². The van der Waals surface area contributed by atoms with Gasteiger partial charge < -0.3 is 15.2 Å². The molecule has 0 radical (unpaired) electrons. The number of aliphatic hydroxyl groups excluding tert-OH is 1. The quantitative estimate of drug-likeness (QED) is 0.698. The summed E-state index contributed by atoms with van der Waals surface area (Å²) in [7, 11) is 1.15. The molecule has 0 rings (SSSR count). The summed E-state index contributed by atoms with van der Waals surface area (Å²) in [6, 6.07) is -0.859. The predicted octanol–water partition coefficient (Wildman–Crippen LogP) is 0.697. The van der Waals surface area contributed by atoms with Crippen LogP contribution < -0.4 is 5.32 Å².